The van der Waals surface area contributed by atoms with E-state index < -0.39 is 0 Å². The zero-order valence-electron chi connectivity index (χ0n) is 9.32. The largest absolute Gasteiger partial charge is 0.330 e. The molecule has 2 aromatic rings. The van der Waals surface area contributed by atoms with E-state index in [2.05, 4.69) is 10.1 Å². The van der Waals surface area contributed by atoms with Crippen LogP contribution in [0.1, 0.15) is 11.6 Å². The zero-order chi connectivity index (χ0) is 12.4. The maximum absolute atomic E-state index is 5.98. The fourth-order valence-electron chi connectivity index (χ4n) is 1.57. The Morgan fingerprint density at radius 1 is 1.29 bits per heavy atom. The number of aryl methyl sites for hydroxylation is 1. The Morgan fingerprint density at radius 3 is 2.71 bits per heavy atom. The highest BCUT2D eigenvalue weighted by Crippen LogP contribution is 2.24. The minimum atomic E-state index is 0.496. The van der Waals surface area contributed by atoms with Crippen molar-refractivity contribution in [1.29, 1.82) is 0 Å². The summed E-state index contributed by atoms with van der Waals surface area (Å²) in [5.74, 6) is 1.53. The van der Waals surface area contributed by atoms with Gasteiger partial charge in [0.05, 0.1) is 15.7 Å². The third-order valence-electron chi connectivity index (χ3n) is 2.30. The van der Waals surface area contributed by atoms with Gasteiger partial charge in [0.2, 0.25) is 0 Å². The van der Waals surface area contributed by atoms with Crippen LogP contribution in [0.15, 0.2) is 18.2 Å². The molecule has 0 unspecified atom stereocenters. The fraction of sp³-hybridized carbons (Fsp3) is 0.273. The van der Waals surface area contributed by atoms with E-state index >= 15 is 0 Å². The minimum absolute atomic E-state index is 0.496. The number of halogens is 2. The summed E-state index contributed by atoms with van der Waals surface area (Å²) in [5.41, 5.74) is 6.38. The standard InChI is InChI=1S/C11H12Cl2N4/c1-7-15-11(4-5-14)17(16-7)8-2-3-9(12)10(13)6-8/h2-3,6H,4-5,14H2,1H3. The average molecular weight is 271 g/mol. The highest BCUT2D eigenvalue weighted by Gasteiger charge is 2.09. The van der Waals surface area contributed by atoms with Crippen molar-refractivity contribution in [3.63, 3.8) is 0 Å². The van der Waals surface area contributed by atoms with Gasteiger partial charge < -0.3 is 5.73 Å². The van der Waals surface area contributed by atoms with Crippen molar-refractivity contribution in [2.75, 3.05) is 6.54 Å². The lowest BCUT2D eigenvalue weighted by Gasteiger charge is -2.06. The van der Waals surface area contributed by atoms with Crippen LogP contribution >= 0.6 is 23.2 Å². The minimum Gasteiger partial charge on any atom is -0.330 e. The lowest BCUT2D eigenvalue weighted by Crippen LogP contribution is -2.09. The number of benzene rings is 1. The van der Waals surface area contributed by atoms with Gasteiger partial charge in [-0.2, -0.15) is 5.10 Å². The smallest absolute Gasteiger partial charge is 0.148 e. The van der Waals surface area contributed by atoms with E-state index in [1.54, 1.807) is 16.8 Å². The molecule has 17 heavy (non-hydrogen) atoms. The van der Waals surface area contributed by atoms with Crippen LogP contribution in [0.3, 0.4) is 0 Å². The van der Waals surface area contributed by atoms with Gasteiger partial charge in [-0.15, -0.1) is 0 Å². The van der Waals surface area contributed by atoms with E-state index in [-0.39, 0.29) is 0 Å². The predicted molar refractivity (Wildman–Crippen MR) is 68.9 cm³/mol. The first-order chi connectivity index (χ1) is 8.11. The van der Waals surface area contributed by atoms with Crippen LogP contribution in [-0.4, -0.2) is 21.3 Å². The van der Waals surface area contributed by atoms with Crippen molar-refractivity contribution < 1.29 is 0 Å². The van der Waals surface area contributed by atoms with Gasteiger partial charge in [0.25, 0.3) is 0 Å². The van der Waals surface area contributed by atoms with Crippen LogP contribution in [-0.2, 0) is 6.42 Å². The van der Waals surface area contributed by atoms with Crippen LogP contribution < -0.4 is 5.73 Å². The highest BCUT2D eigenvalue weighted by molar-refractivity contribution is 6.42. The molecule has 0 spiro atoms. The molecule has 6 heteroatoms. The molecule has 1 aromatic carbocycles. The third-order valence-corrected chi connectivity index (χ3v) is 3.03. The maximum atomic E-state index is 5.98. The lowest BCUT2D eigenvalue weighted by molar-refractivity contribution is 0.773. The molecule has 0 bridgehead atoms. The molecule has 0 amide bonds. The van der Waals surface area contributed by atoms with Gasteiger partial charge in [-0.25, -0.2) is 9.67 Å². The first-order valence-electron chi connectivity index (χ1n) is 5.20. The van der Waals surface area contributed by atoms with E-state index in [0.717, 1.165) is 11.5 Å². The molecule has 0 radical (unpaired) electrons. The van der Waals surface area contributed by atoms with Gasteiger partial charge >= 0.3 is 0 Å². The Kier molecular flexibility index (Phi) is 3.66. The first kappa shape index (κ1) is 12.4. The molecule has 0 aliphatic carbocycles. The van der Waals surface area contributed by atoms with Crippen molar-refractivity contribution in [3.05, 3.63) is 39.9 Å². The number of rotatable bonds is 3. The van der Waals surface area contributed by atoms with Crippen LogP contribution in [0.2, 0.25) is 10.0 Å². The maximum Gasteiger partial charge on any atom is 0.148 e. The molecule has 0 atom stereocenters. The summed E-state index contributed by atoms with van der Waals surface area (Å²) in [6, 6.07) is 5.35. The van der Waals surface area contributed by atoms with Crippen LogP contribution in [0.4, 0.5) is 0 Å². The van der Waals surface area contributed by atoms with E-state index in [9.17, 15) is 0 Å². The summed E-state index contributed by atoms with van der Waals surface area (Å²) in [4.78, 5) is 4.32. The van der Waals surface area contributed by atoms with E-state index in [1.807, 2.05) is 13.0 Å². The van der Waals surface area contributed by atoms with Gasteiger partial charge in [-0.3, -0.25) is 0 Å². The number of hydrogen-bond donors (Lipinski definition) is 1. The number of hydrogen-bond acceptors (Lipinski definition) is 3. The van der Waals surface area contributed by atoms with Crippen molar-refractivity contribution >= 4 is 23.2 Å². The molecule has 1 aromatic heterocycles. The third kappa shape index (κ3) is 2.60. The van der Waals surface area contributed by atoms with E-state index in [4.69, 9.17) is 28.9 Å². The van der Waals surface area contributed by atoms with Gasteiger partial charge in [-0.1, -0.05) is 23.2 Å². The number of nitrogens with two attached hydrogens (primary N) is 1. The summed E-state index contributed by atoms with van der Waals surface area (Å²) in [6.45, 7) is 2.37. The number of nitrogens with zero attached hydrogens (tertiary/aromatic N) is 3. The van der Waals surface area contributed by atoms with Gasteiger partial charge in [0, 0.05) is 6.42 Å². The van der Waals surface area contributed by atoms with E-state index in [0.29, 0.717) is 28.8 Å². The second kappa shape index (κ2) is 5.04. The van der Waals surface area contributed by atoms with E-state index in [1.165, 1.54) is 0 Å². The SMILES string of the molecule is Cc1nc(CCN)n(-c2ccc(Cl)c(Cl)c2)n1. The van der Waals surface area contributed by atoms with Crippen LogP contribution in [0.25, 0.3) is 5.69 Å². The van der Waals surface area contributed by atoms with Gasteiger partial charge in [0.15, 0.2) is 0 Å². The number of aromatic nitrogens is 3. The molecule has 2 rings (SSSR count). The second-order valence-corrected chi connectivity index (χ2v) is 4.44. The molecule has 4 nitrogen and oxygen atoms in total. The topological polar surface area (TPSA) is 56.7 Å². The molecule has 0 aliphatic heterocycles. The molecule has 90 valence electrons. The Bertz CT molecular complexity index is 536. The quantitative estimate of drug-likeness (QED) is 0.932. The summed E-state index contributed by atoms with van der Waals surface area (Å²) in [5, 5.41) is 5.34. The Labute approximate surface area is 109 Å². The molecule has 1 heterocycles. The Morgan fingerprint density at radius 2 is 2.06 bits per heavy atom. The van der Waals surface area contributed by atoms with Crippen molar-refractivity contribution in [2.45, 2.75) is 13.3 Å². The average Bonchev–Trinajstić information content (AvgIpc) is 2.64. The first-order valence-corrected chi connectivity index (χ1v) is 5.95. The van der Waals surface area contributed by atoms with Crippen molar-refractivity contribution in [2.24, 2.45) is 5.73 Å². The highest BCUT2D eigenvalue weighted by atomic mass is 35.5. The summed E-state index contributed by atoms with van der Waals surface area (Å²) < 4.78 is 1.74. The Hall–Kier alpha value is -1.10. The lowest BCUT2D eigenvalue weighted by atomic mass is 10.3. The van der Waals surface area contributed by atoms with Crippen molar-refractivity contribution in [3.8, 4) is 5.69 Å². The molecular formula is C11H12Cl2N4. The van der Waals surface area contributed by atoms with Crippen LogP contribution in [0.5, 0.6) is 0 Å². The summed E-state index contributed by atoms with van der Waals surface area (Å²) in [6.07, 6.45) is 0.668. The predicted octanol–water partition coefficient (Wildman–Crippen LogP) is 2.38. The second-order valence-electron chi connectivity index (χ2n) is 3.62. The molecular weight excluding hydrogens is 259 g/mol. The zero-order valence-corrected chi connectivity index (χ0v) is 10.8. The summed E-state index contributed by atoms with van der Waals surface area (Å²) >= 11 is 11.9. The molecule has 0 aliphatic rings. The van der Waals surface area contributed by atoms with Crippen LogP contribution in [0, 0.1) is 6.92 Å². The fourth-order valence-corrected chi connectivity index (χ4v) is 1.87. The van der Waals surface area contributed by atoms with Gasteiger partial charge in [0.1, 0.15) is 11.6 Å². The summed E-state index contributed by atoms with van der Waals surface area (Å²) in [7, 11) is 0. The molecule has 2 N–H and O–H groups in total. The van der Waals surface area contributed by atoms with Crippen molar-refractivity contribution in [1.82, 2.24) is 14.8 Å². The van der Waals surface area contributed by atoms with Gasteiger partial charge in [-0.05, 0) is 31.7 Å². The monoisotopic (exact) mass is 270 g/mol. The molecule has 0 saturated heterocycles. The normalized spacial score (nSPS) is 10.8. The molecule has 0 fully saturated rings. The molecule has 0 saturated carbocycles. The Balaban J connectivity index is 2.47.